The van der Waals surface area contributed by atoms with Crippen molar-refractivity contribution in [1.29, 1.82) is 0 Å². The number of aliphatic hydroxyl groups excluding tert-OH is 1. The smallest absolute Gasteiger partial charge is 0.410 e. The third kappa shape index (κ3) is 10.2. The molecule has 0 radical (unpaired) electrons. The van der Waals surface area contributed by atoms with Crippen LogP contribution in [0.5, 0.6) is 0 Å². The van der Waals surface area contributed by atoms with Crippen LogP contribution in [0.2, 0.25) is 0 Å². The lowest BCUT2D eigenvalue weighted by molar-refractivity contribution is -0.196. The normalized spacial score (nSPS) is 23.7. The summed E-state index contributed by atoms with van der Waals surface area (Å²) in [5.41, 5.74) is 1.14. The van der Waals surface area contributed by atoms with Gasteiger partial charge in [-0.05, 0) is 31.9 Å². The Hall–Kier alpha value is -2.83. The highest BCUT2D eigenvalue weighted by Gasteiger charge is 2.51. The Balaban J connectivity index is 0.000000241. The molecule has 2 heterocycles. The second-order valence-electron chi connectivity index (χ2n) is 11.3. The predicted molar refractivity (Wildman–Crippen MR) is 140 cm³/mol. The number of β-amino-alcohol motifs (C(OH)–C–C–N with tert-alkyl or cyclic N) is 1. The van der Waals surface area contributed by atoms with Gasteiger partial charge in [-0.15, -0.1) is 0 Å². The fourth-order valence-electron chi connectivity index (χ4n) is 4.67. The van der Waals surface area contributed by atoms with E-state index in [1.54, 1.807) is 20.8 Å². The van der Waals surface area contributed by atoms with Crippen LogP contribution < -0.4 is 0 Å². The van der Waals surface area contributed by atoms with Gasteiger partial charge in [0.2, 0.25) is 0 Å². The molecule has 6 nitrogen and oxygen atoms in total. The lowest BCUT2D eigenvalue weighted by Gasteiger charge is -2.24. The summed E-state index contributed by atoms with van der Waals surface area (Å²) in [4.78, 5) is 14.2. The number of hydrogen-bond acceptors (Lipinski definition) is 5. The number of rotatable bonds is 5. The Morgan fingerprint density at radius 2 is 1.34 bits per heavy atom. The summed E-state index contributed by atoms with van der Waals surface area (Å²) >= 11 is 0. The van der Waals surface area contributed by atoms with Crippen molar-refractivity contribution in [3.05, 3.63) is 71.8 Å². The summed E-state index contributed by atoms with van der Waals surface area (Å²) in [7, 11) is 0. The molecular weight excluding hydrogens is 554 g/mol. The topological polar surface area (TPSA) is 62.2 Å². The van der Waals surface area contributed by atoms with Gasteiger partial charge in [0.1, 0.15) is 11.5 Å². The van der Waals surface area contributed by atoms with Gasteiger partial charge in [0.25, 0.3) is 0 Å². The highest BCUT2D eigenvalue weighted by Crippen LogP contribution is 2.36. The number of carbonyl (C=O) groups is 1. The second-order valence-corrected chi connectivity index (χ2v) is 11.3. The van der Waals surface area contributed by atoms with E-state index >= 15 is 0 Å². The van der Waals surface area contributed by atoms with Crippen molar-refractivity contribution >= 4 is 6.09 Å². The molecule has 2 aliphatic rings. The Morgan fingerprint density at radius 1 is 0.805 bits per heavy atom. The molecule has 2 aromatic rings. The number of carbonyl (C=O) groups excluding carboxylic acids is 1. The number of likely N-dealkylation sites (tertiary alicyclic amines) is 2. The second kappa shape index (κ2) is 13.4. The largest absolute Gasteiger partial charge is 0.444 e. The number of amides is 1. The zero-order valence-corrected chi connectivity index (χ0v) is 23.2. The Morgan fingerprint density at radius 3 is 1.83 bits per heavy atom. The van der Waals surface area contributed by atoms with E-state index in [-0.39, 0.29) is 19.7 Å². The van der Waals surface area contributed by atoms with E-state index in [9.17, 15) is 36.2 Å². The molecule has 0 aliphatic carbocycles. The Labute approximate surface area is 235 Å². The van der Waals surface area contributed by atoms with Gasteiger partial charge in [-0.2, -0.15) is 26.3 Å². The van der Waals surface area contributed by atoms with Crippen molar-refractivity contribution in [2.75, 3.05) is 26.2 Å². The summed E-state index contributed by atoms with van der Waals surface area (Å²) in [6.45, 7) is 4.97. The highest BCUT2D eigenvalue weighted by molar-refractivity contribution is 5.68. The van der Waals surface area contributed by atoms with Crippen LogP contribution in [0, 0.1) is 11.8 Å². The molecule has 2 fully saturated rings. The average molecular weight is 591 g/mol. The molecule has 4 atom stereocenters. The van der Waals surface area contributed by atoms with Crippen LogP contribution in [0.3, 0.4) is 0 Å². The Bertz CT molecular complexity index is 1090. The third-order valence-corrected chi connectivity index (χ3v) is 6.68. The lowest BCUT2D eigenvalue weighted by atomic mass is 10.1. The van der Waals surface area contributed by atoms with E-state index in [0.29, 0.717) is 13.1 Å². The number of hydrogen-bond donors (Lipinski definition) is 1. The minimum absolute atomic E-state index is 0.0160. The van der Waals surface area contributed by atoms with E-state index in [4.69, 9.17) is 9.47 Å². The maximum Gasteiger partial charge on any atom is 0.410 e. The zero-order chi connectivity index (χ0) is 30.4. The van der Waals surface area contributed by atoms with Crippen molar-refractivity contribution in [3.63, 3.8) is 0 Å². The van der Waals surface area contributed by atoms with Gasteiger partial charge in [0.05, 0.1) is 31.3 Å². The van der Waals surface area contributed by atoms with E-state index < -0.39 is 54.6 Å². The number of halogens is 6. The number of ether oxygens (including phenoxy) is 2. The first-order valence-corrected chi connectivity index (χ1v) is 13.2. The van der Waals surface area contributed by atoms with E-state index in [1.165, 1.54) is 0 Å². The van der Waals surface area contributed by atoms with Crippen molar-refractivity contribution in [2.45, 2.75) is 64.1 Å². The molecule has 0 aromatic heterocycles. The van der Waals surface area contributed by atoms with E-state index in [0.717, 1.165) is 16.0 Å². The average Bonchev–Trinajstić information content (AvgIpc) is 3.47. The van der Waals surface area contributed by atoms with Gasteiger partial charge in [0.15, 0.2) is 0 Å². The summed E-state index contributed by atoms with van der Waals surface area (Å²) in [6.07, 6.45) is -12.0. The standard InChI is InChI=1S/C19H20F3NO.C10H16F3NO3/c20-19(21,22)17-12-23(11-15-7-3-1-4-8-15)13-18(17)24-14-16-9-5-2-6-10-16;1-9(2,3)17-8(16)14-4-6(7(15)5-14)10(11,12)13/h1-10,17-18H,11-14H2;6-7,15H,4-5H2,1-3H3/t17-,18?;6-,7?/m11/s1. The van der Waals surface area contributed by atoms with Crippen molar-refractivity contribution < 1.29 is 45.7 Å². The predicted octanol–water partition coefficient (Wildman–Crippen LogP) is 6.04. The number of benzene rings is 2. The molecule has 1 N–H and O–H groups in total. The minimum Gasteiger partial charge on any atom is -0.444 e. The number of nitrogens with zero attached hydrogens (tertiary/aromatic N) is 2. The molecule has 228 valence electrons. The molecule has 2 aliphatic heterocycles. The maximum absolute atomic E-state index is 13.3. The first-order valence-electron chi connectivity index (χ1n) is 13.2. The summed E-state index contributed by atoms with van der Waals surface area (Å²) in [6, 6.07) is 18.9. The fourth-order valence-corrected chi connectivity index (χ4v) is 4.67. The molecular formula is C29H36F6N2O4. The van der Waals surface area contributed by atoms with Crippen LogP contribution >= 0.6 is 0 Å². The summed E-state index contributed by atoms with van der Waals surface area (Å²) in [5, 5.41) is 9.27. The van der Waals surface area contributed by atoms with Crippen LogP contribution in [0.1, 0.15) is 31.9 Å². The fraction of sp³-hybridized carbons (Fsp3) is 0.552. The van der Waals surface area contributed by atoms with Gasteiger partial charge >= 0.3 is 18.4 Å². The van der Waals surface area contributed by atoms with Crippen LogP contribution in [0.15, 0.2) is 60.7 Å². The molecule has 0 bridgehead atoms. The van der Waals surface area contributed by atoms with Crippen LogP contribution in [-0.2, 0) is 22.6 Å². The van der Waals surface area contributed by atoms with Crippen molar-refractivity contribution in [3.8, 4) is 0 Å². The van der Waals surface area contributed by atoms with Crippen LogP contribution in [-0.4, -0.2) is 77.3 Å². The summed E-state index contributed by atoms with van der Waals surface area (Å²) in [5.74, 6) is -3.33. The van der Waals surface area contributed by atoms with Gasteiger partial charge in [-0.3, -0.25) is 4.90 Å². The molecule has 0 spiro atoms. The SMILES string of the molecule is CC(C)(C)OC(=O)N1CC(O)[C@H](C(F)(F)F)C1.FC(F)(F)[C@@H]1CN(Cc2ccccc2)CC1OCc1ccccc1. The molecule has 0 saturated carbocycles. The lowest BCUT2D eigenvalue weighted by Crippen LogP contribution is -2.36. The molecule has 12 heteroatoms. The van der Waals surface area contributed by atoms with Crippen molar-refractivity contribution in [2.24, 2.45) is 11.8 Å². The molecule has 41 heavy (non-hydrogen) atoms. The van der Waals surface area contributed by atoms with E-state index in [2.05, 4.69) is 0 Å². The highest BCUT2D eigenvalue weighted by atomic mass is 19.4. The number of aliphatic hydroxyl groups is 1. The minimum atomic E-state index is -4.50. The first-order chi connectivity index (χ1) is 19.0. The molecule has 1 amide bonds. The van der Waals surface area contributed by atoms with Gasteiger partial charge in [-0.25, -0.2) is 4.79 Å². The molecule has 2 aromatic carbocycles. The Kier molecular flexibility index (Phi) is 10.7. The van der Waals surface area contributed by atoms with E-state index in [1.807, 2.05) is 65.6 Å². The van der Waals surface area contributed by atoms with Crippen LogP contribution in [0.25, 0.3) is 0 Å². The summed E-state index contributed by atoms with van der Waals surface area (Å²) < 4.78 is 87.9. The van der Waals surface area contributed by atoms with Gasteiger partial charge in [-0.1, -0.05) is 60.7 Å². The zero-order valence-electron chi connectivity index (χ0n) is 23.2. The van der Waals surface area contributed by atoms with Crippen LogP contribution in [0.4, 0.5) is 31.1 Å². The van der Waals surface area contributed by atoms with Gasteiger partial charge < -0.3 is 19.5 Å². The van der Waals surface area contributed by atoms with Gasteiger partial charge in [0, 0.05) is 26.2 Å². The first kappa shape index (κ1) is 32.7. The third-order valence-electron chi connectivity index (χ3n) is 6.68. The maximum atomic E-state index is 13.3. The molecule has 2 unspecified atom stereocenters. The number of alkyl halides is 6. The molecule has 2 saturated heterocycles. The van der Waals surface area contributed by atoms with Crippen molar-refractivity contribution in [1.82, 2.24) is 9.80 Å². The monoisotopic (exact) mass is 590 g/mol. The molecule has 4 rings (SSSR count). The quantitative estimate of drug-likeness (QED) is 0.431.